The van der Waals surface area contributed by atoms with Crippen molar-refractivity contribution in [1.82, 2.24) is 15.1 Å². The Kier molecular flexibility index (Phi) is 4.26. The fraction of sp³-hybridized carbons (Fsp3) is 0.0556. The maximum atomic E-state index is 6.16. The van der Waals surface area contributed by atoms with Crippen LogP contribution >= 0.6 is 23.2 Å². The minimum atomic E-state index is 0.157. The van der Waals surface area contributed by atoms with E-state index < -0.39 is 0 Å². The van der Waals surface area contributed by atoms with Gasteiger partial charge in [0.2, 0.25) is 5.82 Å². The molecular formula is C18H11Cl2N3O2. The van der Waals surface area contributed by atoms with Gasteiger partial charge in [0.1, 0.15) is 11.3 Å². The summed E-state index contributed by atoms with van der Waals surface area (Å²) >= 11 is 12.1. The van der Waals surface area contributed by atoms with E-state index in [1.807, 2.05) is 30.3 Å². The van der Waals surface area contributed by atoms with Gasteiger partial charge >= 0.3 is 0 Å². The lowest BCUT2D eigenvalue weighted by Crippen LogP contribution is -1.98. The van der Waals surface area contributed by atoms with E-state index in [-0.39, 0.29) is 6.61 Å². The van der Waals surface area contributed by atoms with Crippen LogP contribution in [0.5, 0.6) is 5.75 Å². The van der Waals surface area contributed by atoms with E-state index in [2.05, 4.69) is 15.1 Å². The molecule has 0 amide bonds. The molecule has 25 heavy (non-hydrogen) atoms. The third-order valence-corrected chi connectivity index (χ3v) is 4.13. The lowest BCUT2D eigenvalue weighted by molar-refractivity contribution is 0.290. The van der Waals surface area contributed by atoms with Gasteiger partial charge in [-0.15, -0.1) is 0 Å². The van der Waals surface area contributed by atoms with Crippen molar-refractivity contribution in [3.05, 3.63) is 70.6 Å². The molecule has 2 aromatic carbocycles. The molecule has 0 fully saturated rings. The van der Waals surface area contributed by atoms with Crippen LogP contribution in [0.2, 0.25) is 10.0 Å². The first-order valence-electron chi connectivity index (χ1n) is 7.45. The number of hydrogen-bond donors (Lipinski definition) is 0. The Hall–Kier alpha value is -2.63. The Bertz CT molecular complexity index is 1040. The van der Waals surface area contributed by atoms with Crippen LogP contribution in [-0.2, 0) is 6.61 Å². The van der Waals surface area contributed by atoms with E-state index in [4.69, 9.17) is 32.5 Å². The Morgan fingerprint density at radius 1 is 1.04 bits per heavy atom. The molecule has 0 atom stereocenters. The number of para-hydroxylation sites is 1. The van der Waals surface area contributed by atoms with Gasteiger partial charge in [-0.2, -0.15) is 4.98 Å². The fourth-order valence-electron chi connectivity index (χ4n) is 2.42. The number of hydrogen-bond acceptors (Lipinski definition) is 5. The molecule has 0 saturated heterocycles. The first-order valence-corrected chi connectivity index (χ1v) is 8.21. The van der Waals surface area contributed by atoms with E-state index in [0.717, 1.165) is 10.9 Å². The number of rotatable bonds is 4. The van der Waals surface area contributed by atoms with Crippen LogP contribution in [0.4, 0.5) is 0 Å². The van der Waals surface area contributed by atoms with Gasteiger partial charge in [0.25, 0.3) is 5.89 Å². The zero-order valence-corrected chi connectivity index (χ0v) is 14.3. The van der Waals surface area contributed by atoms with Crippen LogP contribution < -0.4 is 4.74 Å². The van der Waals surface area contributed by atoms with Crippen LogP contribution in [0.25, 0.3) is 22.4 Å². The zero-order chi connectivity index (χ0) is 17.2. The lowest BCUT2D eigenvalue weighted by atomic mass is 10.2. The van der Waals surface area contributed by atoms with Gasteiger partial charge in [-0.25, -0.2) is 0 Å². The topological polar surface area (TPSA) is 61.0 Å². The molecule has 0 saturated carbocycles. The minimum Gasteiger partial charge on any atom is -0.483 e. The molecular weight excluding hydrogens is 361 g/mol. The number of fused-ring (bicyclic) bond motifs is 1. The lowest BCUT2D eigenvalue weighted by Gasteiger charge is -2.06. The molecule has 0 spiro atoms. The second-order valence-corrected chi connectivity index (χ2v) is 6.10. The van der Waals surface area contributed by atoms with E-state index in [0.29, 0.717) is 33.1 Å². The van der Waals surface area contributed by atoms with Crippen molar-refractivity contribution in [2.45, 2.75) is 6.61 Å². The molecule has 0 aliphatic heterocycles. The van der Waals surface area contributed by atoms with Crippen LogP contribution in [0, 0.1) is 0 Å². The summed E-state index contributed by atoms with van der Waals surface area (Å²) in [5.74, 6) is 1.39. The average molecular weight is 372 g/mol. The molecule has 0 aliphatic rings. The van der Waals surface area contributed by atoms with Gasteiger partial charge < -0.3 is 9.26 Å². The minimum absolute atomic E-state index is 0.157. The van der Waals surface area contributed by atoms with E-state index >= 15 is 0 Å². The summed E-state index contributed by atoms with van der Waals surface area (Å²) in [5.41, 5.74) is 1.41. The van der Waals surface area contributed by atoms with Crippen molar-refractivity contribution in [1.29, 1.82) is 0 Å². The van der Waals surface area contributed by atoms with Gasteiger partial charge in [0.15, 0.2) is 6.61 Å². The van der Waals surface area contributed by atoms with Gasteiger partial charge in [-0.05, 0) is 30.3 Å². The summed E-state index contributed by atoms with van der Waals surface area (Å²) in [4.78, 5) is 8.66. The van der Waals surface area contributed by atoms with Crippen LogP contribution in [0.3, 0.4) is 0 Å². The van der Waals surface area contributed by atoms with Crippen molar-refractivity contribution < 1.29 is 9.26 Å². The van der Waals surface area contributed by atoms with Crippen molar-refractivity contribution >= 4 is 34.1 Å². The number of benzene rings is 2. The Balaban J connectivity index is 1.55. The quantitative estimate of drug-likeness (QED) is 0.495. The summed E-state index contributed by atoms with van der Waals surface area (Å²) in [6, 6.07) is 14.7. The molecule has 4 rings (SSSR count). The maximum absolute atomic E-state index is 6.16. The highest BCUT2D eigenvalue weighted by Crippen LogP contribution is 2.29. The summed E-state index contributed by atoms with van der Waals surface area (Å²) < 4.78 is 11.1. The van der Waals surface area contributed by atoms with Crippen LogP contribution in [-0.4, -0.2) is 15.1 Å². The largest absolute Gasteiger partial charge is 0.483 e. The zero-order valence-electron chi connectivity index (χ0n) is 12.8. The highest BCUT2D eigenvalue weighted by Gasteiger charge is 2.13. The second kappa shape index (κ2) is 6.70. The number of ether oxygens (including phenoxy) is 1. The molecule has 0 bridgehead atoms. The van der Waals surface area contributed by atoms with Gasteiger partial charge in [0, 0.05) is 16.6 Å². The molecule has 2 heterocycles. The van der Waals surface area contributed by atoms with Gasteiger partial charge in [-0.3, -0.25) is 4.98 Å². The summed E-state index contributed by atoms with van der Waals surface area (Å²) in [7, 11) is 0. The standard InChI is InChI=1S/C18H11Cl2N3O2/c19-12-6-7-13(14(20)9-12)18-22-16(23-25-18)10-24-15-5-1-3-11-4-2-8-21-17(11)15/h1-9H,10H2. The van der Waals surface area contributed by atoms with Crippen molar-refractivity contribution in [3.63, 3.8) is 0 Å². The Morgan fingerprint density at radius 2 is 1.92 bits per heavy atom. The molecule has 0 unspecified atom stereocenters. The van der Waals surface area contributed by atoms with E-state index in [9.17, 15) is 0 Å². The summed E-state index contributed by atoms with van der Waals surface area (Å²) in [6.45, 7) is 0.157. The molecule has 7 heteroatoms. The van der Waals surface area contributed by atoms with Gasteiger partial charge in [0.05, 0.1) is 10.6 Å². The summed E-state index contributed by atoms with van der Waals surface area (Å²) in [6.07, 6.45) is 1.73. The van der Waals surface area contributed by atoms with Crippen molar-refractivity contribution in [2.75, 3.05) is 0 Å². The fourth-order valence-corrected chi connectivity index (χ4v) is 2.91. The van der Waals surface area contributed by atoms with Gasteiger partial charge in [-0.1, -0.05) is 46.6 Å². The molecule has 0 radical (unpaired) electrons. The Labute approximate surface area is 153 Å². The third-order valence-electron chi connectivity index (χ3n) is 3.58. The monoisotopic (exact) mass is 371 g/mol. The van der Waals surface area contributed by atoms with Crippen LogP contribution in [0.15, 0.2) is 59.3 Å². The average Bonchev–Trinajstić information content (AvgIpc) is 3.08. The predicted octanol–water partition coefficient (Wildman–Crippen LogP) is 5.17. The van der Waals surface area contributed by atoms with Crippen molar-refractivity contribution in [3.8, 4) is 17.2 Å². The normalized spacial score (nSPS) is 11.0. The van der Waals surface area contributed by atoms with Crippen LogP contribution in [0.1, 0.15) is 5.82 Å². The SMILES string of the molecule is Clc1ccc(-c2nc(COc3cccc4cccnc34)no2)c(Cl)c1. The van der Waals surface area contributed by atoms with Crippen molar-refractivity contribution in [2.24, 2.45) is 0 Å². The molecule has 0 N–H and O–H groups in total. The third kappa shape index (κ3) is 3.29. The molecule has 5 nitrogen and oxygen atoms in total. The molecule has 124 valence electrons. The molecule has 0 aliphatic carbocycles. The number of halogens is 2. The number of nitrogens with zero attached hydrogens (tertiary/aromatic N) is 3. The number of aromatic nitrogens is 3. The number of pyridine rings is 1. The molecule has 4 aromatic rings. The second-order valence-electron chi connectivity index (χ2n) is 5.26. The summed E-state index contributed by atoms with van der Waals surface area (Å²) in [5, 5.41) is 5.92. The first kappa shape index (κ1) is 15.9. The first-order chi connectivity index (χ1) is 12.2. The van der Waals surface area contributed by atoms with E-state index in [1.54, 1.807) is 24.4 Å². The smallest absolute Gasteiger partial charge is 0.259 e. The highest BCUT2D eigenvalue weighted by atomic mass is 35.5. The Morgan fingerprint density at radius 3 is 2.80 bits per heavy atom. The highest BCUT2D eigenvalue weighted by molar-refractivity contribution is 6.36. The predicted molar refractivity (Wildman–Crippen MR) is 95.8 cm³/mol. The molecule has 2 aromatic heterocycles. The van der Waals surface area contributed by atoms with E-state index in [1.165, 1.54) is 0 Å². The maximum Gasteiger partial charge on any atom is 0.259 e.